The Balaban J connectivity index is 1.62. The van der Waals surface area contributed by atoms with Crippen molar-refractivity contribution in [3.8, 4) is 11.4 Å². The van der Waals surface area contributed by atoms with Gasteiger partial charge >= 0.3 is 18.2 Å². The normalized spacial score (nSPS) is 14.4. The highest BCUT2D eigenvalue weighted by Crippen LogP contribution is 2.30. The standard InChI is InChI=1S/C15H13F4N3O3/c16-11-5-9(6-20-14(23)24-7-8-1-2-8)3-4-10(11)12-21-13(25-22-12)15(17,18)19/h3-5,8H,1-2,6-7H2,(H,20,23). The fraction of sp³-hybridized carbons (Fsp3) is 0.400. The number of amides is 1. The molecule has 1 N–H and O–H groups in total. The molecular formula is C15H13F4N3O3. The topological polar surface area (TPSA) is 77.3 Å². The molecule has 0 saturated heterocycles. The van der Waals surface area contributed by atoms with Gasteiger partial charge in [-0.05, 0) is 36.5 Å². The molecule has 134 valence electrons. The van der Waals surface area contributed by atoms with Crippen molar-refractivity contribution in [2.45, 2.75) is 25.6 Å². The zero-order chi connectivity index (χ0) is 18.0. The van der Waals surface area contributed by atoms with Crippen molar-refractivity contribution in [2.24, 2.45) is 5.92 Å². The van der Waals surface area contributed by atoms with E-state index in [1.807, 2.05) is 0 Å². The summed E-state index contributed by atoms with van der Waals surface area (Å²) >= 11 is 0. The number of carbonyl (C=O) groups is 1. The van der Waals surface area contributed by atoms with Crippen molar-refractivity contribution >= 4 is 6.09 Å². The van der Waals surface area contributed by atoms with Gasteiger partial charge in [0, 0.05) is 6.54 Å². The lowest BCUT2D eigenvalue weighted by Gasteiger charge is -2.07. The quantitative estimate of drug-likeness (QED) is 0.827. The summed E-state index contributed by atoms with van der Waals surface area (Å²) in [7, 11) is 0. The van der Waals surface area contributed by atoms with Crippen LogP contribution in [0.25, 0.3) is 11.4 Å². The maximum atomic E-state index is 14.1. The predicted molar refractivity (Wildman–Crippen MR) is 75.6 cm³/mol. The van der Waals surface area contributed by atoms with Gasteiger partial charge in [-0.1, -0.05) is 11.2 Å². The fourth-order valence-corrected chi connectivity index (χ4v) is 2.00. The van der Waals surface area contributed by atoms with Gasteiger partial charge in [0.25, 0.3) is 0 Å². The Morgan fingerprint density at radius 3 is 2.72 bits per heavy atom. The van der Waals surface area contributed by atoms with Crippen LogP contribution in [0, 0.1) is 11.7 Å². The van der Waals surface area contributed by atoms with Gasteiger partial charge in [-0.3, -0.25) is 0 Å². The summed E-state index contributed by atoms with van der Waals surface area (Å²) in [5, 5.41) is 5.59. The van der Waals surface area contributed by atoms with E-state index in [4.69, 9.17) is 4.74 Å². The molecule has 0 spiro atoms. The Labute approximate surface area is 139 Å². The van der Waals surface area contributed by atoms with Crippen molar-refractivity contribution in [3.63, 3.8) is 0 Å². The molecule has 1 aliphatic carbocycles. The van der Waals surface area contributed by atoms with Crippen molar-refractivity contribution < 1.29 is 31.6 Å². The van der Waals surface area contributed by atoms with Gasteiger partial charge in [-0.15, -0.1) is 0 Å². The van der Waals surface area contributed by atoms with Gasteiger partial charge in [0.2, 0.25) is 5.82 Å². The molecule has 6 nitrogen and oxygen atoms in total. The number of nitrogens with one attached hydrogen (secondary N) is 1. The van der Waals surface area contributed by atoms with Gasteiger partial charge in [0.05, 0.1) is 12.2 Å². The molecule has 0 radical (unpaired) electrons. The number of carbonyl (C=O) groups excluding carboxylic acids is 1. The van der Waals surface area contributed by atoms with Crippen LogP contribution in [0.4, 0.5) is 22.4 Å². The average Bonchev–Trinajstić information content (AvgIpc) is 3.24. The largest absolute Gasteiger partial charge is 0.471 e. The molecule has 1 aromatic carbocycles. The van der Waals surface area contributed by atoms with E-state index in [0.717, 1.165) is 18.9 Å². The first kappa shape index (κ1) is 17.2. The lowest BCUT2D eigenvalue weighted by Crippen LogP contribution is -2.24. The third-order valence-corrected chi connectivity index (χ3v) is 3.53. The third kappa shape index (κ3) is 4.46. The lowest BCUT2D eigenvalue weighted by atomic mass is 10.1. The Kier molecular flexibility index (Phi) is 4.60. The van der Waals surface area contributed by atoms with Gasteiger partial charge < -0.3 is 14.6 Å². The second kappa shape index (κ2) is 6.69. The van der Waals surface area contributed by atoms with E-state index in [9.17, 15) is 22.4 Å². The molecule has 1 saturated carbocycles. The van der Waals surface area contributed by atoms with Crippen molar-refractivity contribution in [2.75, 3.05) is 6.61 Å². The number of halogens is 4. The van der Waals surface area contributed by atoms with Crippen LogP contribution in [0.1, 0.15) is 24.3 Å². The number of hydrogen-bond donors (Lipinski definition) is 1. The molecule has 1 heterocycles. The van der Waals surface area contributed by atoms with Gasteiger partial charge in [0.15, 0.2) is 0 Å². The van der Waals surface area contributed by atoms with E-state index in [-0.39, 0.29) is 12.1 Å². The van der Waals surface area contributed by atoms with Gasteiger partial charge in [0.1, 0.15) is 5.82 Å². The Morgan fingerprint density at radius 2 is 2.12 bits per heavy atom. The first-order chi connectivity index (χ1) is 11.8. The molecule has 3 rings (SSSR count). The van der Waals surface area contributed by atoms with Crippen LogP contribution in [-0.2, 0) is 17.5 Å². The summed E-state index contributed by atoms with van der Waals surface area (Å²) in [5.41, 5.74) is 0.170. The maximum Gasteiger partial charge on any atom is 0.471 e. The molecule has 0 aliphatic heterocycles. The first-order valence-corrected chi connectivity index (χ1v) is 7.43. The second-order valence-corrected chi connectivity index (χ2v) is 5.63. The smallest absolute Gasteiger partial charge is 0.449 e. The zero-order valence-corrected chi connectivity index (χ0v) is 12.8. The molecule has 1 aliphatic rings. The van der Waals surface area contributed by atoms with Crippen LogP contribution in [-0.4, -0.2) is 22.8 Å². The van der Waals surface area contributed by atoms with Gasteiger partial charge in [-0.2, -0.15) is 18.2 Å². The predicted octanol–water partition coefficient (Wildman–Crippen LogP) is 3.53. The van der Waals surface area contributed by atoms with Crippen LogP contribution < -0.4 is 5.32 Å². The summed E-state index contributed by atoms with van der Waals surface area (Å²) in [6.07, 6.45) is -3.31. The van der Waals surface area contributed by atoms with E-state index in [1.54, 1.807) is 0 Å². The first-order valence-electron chi connectivity index (χ1n) is 7.43. The minimum Gasteiger partial charge on any atom is -0.449 e. The minimum atomic E-state index is -4.80. The fourth-order valence-electron chi connectivity index (χ4n) is 2.00. The van der Waals surface area contributed by atoms with Gasteiger partial charge in [-0.25, -0.2) is 9.18 Å². The van der Waals surface area contributed by atoms with E-state index in [1.165, 1.54) is 12.1 Å². The lowest BCUT2D eigenvalue weighted by molar-refractivity contribution is -0.159. The zero-order valence-electron chi connectivity index (χ0n) is 12.8. The average molecular weight is 359 g/mol. The van der Waals surface area contributed by atoms with Crippen LogP contribution >= 0.6 is 0 Å². The number of rotatable bonds is 5. The Hall–Kier alpha value is -2.65. The minimum absolute atomic E-state index is 0.0146. The number of hydrogen-bond acceptors (Lipinski definition) is 5. The Bertz CT molecular complexity index is 772. The molecule has 1 amide bonds. The number of alkyl halides is 3. The molecule has 0 atom stereocenters. The highest BCUT2D eigenvalue weighted by molar-refractivity contribution is 5.67. The Morgan fingerprint density at radius 1 is 1.36 bits per heavy atom. The van der Waals surface area contributed by atoms with Crippen LogP contribution in [0.3, 0.4) is 0 Å². The monoisotopic (exact) mass is 359 g/mol. The summed E-state index contributed by atoms with van der Waals surface area (Å²) in [6.45, 7) is 0.374. The molecule has 2 aromatic rings. The van der Waals surface area contributed by atoms with E-state index >= 15 is 0 Å². The summed E-state index contributed by atoms with van der Waals surface area (Å²) < 4.78 is 60.4. The maximum absolute atomic E-state index is 14.1. The molecule has 0 unspecified atom stereocenters. The molecule has 0 bridgehead atoms. The van der Waals surface area contributed by atoms with Crippen molar-refractivity contribution in [1.29, 1.82) is 0 Å². The summed E-state index contributed by atoms with van der Waals surface area (Å²) in [5.74, 6) is -2.46. The molecular weight excluding hydrogens is 346 g/mol. The molecule has 1 aromatic heterocycles. The number of benzene rings is 1. The molecule has 10 heteroatoms. The highest BCUT2D eigenvalue weighted by Gasteiger charge is 2.38. The number of ether oxygens (including phenoxy) is 1. The molecule has 1 fully saturated rings. The number of nitrogens with zero attached hydrogens (tertiary/aromatic N) is 2. The third-order valence-electron chi connectivity index (χ3n) is 3.53. The van der Waals surface area contributed by atoms with Crippen molar-refractivity contribution in [3.05, 3.63) is 35.5 Å². The van der Waals surface area contributed by atoms with Crippen LogP contribution in [0.2, 0.25) is 0 Å². The van der Waals surface area contributed by atoms with E-state index in [0.29, 0.717) is 18.1 Å². The van der Waals surface area contributed by atoms with E-state index in [2.05, 4.69) is 20.0 Å². The SMILES string of the molecule is O=C(NCc1ccc(-c2noc(C(F)(F)F)n2)c(F)c1)OCC1CC1. The summed E-state index contributed by atoms with van der Waals surface area (Å²) in [6, 6.07) is 3.72. The van der Waals surface area contributed by atoms with Crippen LogP contribution in [0.15, 0.2) is 22.7 Å². The molecule has 25 heavy (non-hydrogen) atoms. The number of aromatic nitrogens is 2. The second-order valence-electron chi connectivity index (χ2n) is 5.63. The van der Waals surface area contributed by atoms with E-state index < -0.39 is 29.8 Å². The summed E-state index contributed by atoms with van der Waals surface area (Å²) in [4.78, 5) is 14.6. The van der Waals surface area contributed by atoms with Crippen LogP contribution in [0.5, 0.6) is 0 Å². The number of alkyl carbamates (subject to hydrolysis) is 1. The highest BCUT2D eigenvalue weighted by atomic mass is 19.4. The van der Waals surface area contributed by atoms with Crippen molar-refractivity contribution in [1.82, 2.24) is 15.5 Å².